The first-order valence-electron chi connectivity index (χ1n) is 13.2. The van der Waals surface area contributed by atoms with Crippen LogP contribution in [0.1, 0.15) is 66.7 Å². The molecule has 3 saturated carbocycles. The molecule has 8 nitrogen and oxygen atoms in total. The molecule has 37 heavy (non-hydrogen) atoms. The largest absolute Gasteiger partial charge is 0.457 e. The molecule has 0 unspecified atom stereocenters. The van der Waals surface area contributed by atoms with E-state index in [2.05, 4.69) is 0 Å². The third-order valence-corrected chi connectivity index (χ3v) is 10.9. The molecule has 0 aliphatic heterocycles. The van der Waals surface area contributed by atoms with Gasteiger partial charge in [-0.1, -0.05) is 46.3 Å². The van der Waals surface area contributed by atoms with E-state index < -0.39 is 69.7 Å². The summed E-state index contributed by atoms with van der Waals surface area (Å²) >= 11 is 7.41. The predicted molar refractivity (Wildman–Crippen MR) is 134 cm³/mol. The molecule has 204 valence electrons. The maximum atomic E-state index is 13.9. The van der Waals surface area contributed by atoms with Crippen molar-refractivity contribution in [2.75, 3.05) is 6.61 Å². The molecule has 0 radical (unpaired) electrons. The van der Waals surface area contributed by atoms with Crippen LogP contribution in [-0.2, 0) is 28.7 Å². The summed E-state index contributed by atoms with van der Waals surface area (Å²) in [4.78, 5) is 49.3. The van der Waals surface area contributed by atoms with Gasteiger partial charge in [-0.2, -0.15) is 0 Å². The Morgan fingerprint density at radius 1 is 1.08 bits per heavy atom. The van der Waals surface area contributed by atoms with Crippen LogP contribution in [0.15, 0.2) is 23.8 Å². The van der Waals surface area contributed by atoms with E-state index in [0.29, 0.717) is 19.3 Å². The number of carbonyl (C=O) groups is 4. The minimum Gasteiger partial charge on any atom is -0.457 e. The molecule has 0 bridgehead atoms. The molecule has 9 heteroatoms. The van der Waals surface area contributed by atoms with Crippen molar-refractivity contribution in [2.24, 2.45) is 28.6 Å². The maximum Gasteiger partial charge on any atom is 0.306 e. The van der Waals surface area contributed by atoms with Crippen LogP contribution in [0.25, 0.3) is 0 Å². The second-order valence-electron chi connectivity index (χ2n) is 11.4. The molecule has 9 atom stereocenters. The number of esters is 2. The number of aliphatic hydroxyl groups is 2. The molecule has 2 N–H and O–H groups in total. The lowest BCUT2D eigenvalue weighted by atomic mass is 9.44. The minimum absolute atomic E-state index is 0.00378. The van der Waals surface area contributed by atoms with E-state index in [-0.39, 0.29) is 24.5 Å². The summed E-state index contributed by atoms with van der Waals surface area (Å²) in [5.41, 5.74) is -3.32. The highest BCUT2D eigenvalue weighted by Crippen LogP contribution is 2.72. The standard InChI is InChI=1S/C28H37ClO8/c1-6-21(32)36-14-20(31)28(37-22(33)7-2)15(3)12-19-18-9-8-16-13-17(30)10-11-25(16,4)27(18,29)24(35)23(34)26(19,28)5/h10-11,13,15,18-19,23-24,34-35H,6-9,12,14H2,1-5H3/t15-,18-,19-,23+,24-,25-,26+,27-,28+/m0/s1. The Morgan fingerprint density at radius 2 is 1.73 bits per heavy atom. The number of aliphatic hydroxyl groups excluding tert-OH is 2. The molecule has 0 heterocycles. The van der Waals surface area contributed by atoms with Crippen LogP contribution in [-0.4, -0.2) is 63.0 Å². The predicted octanol–water partition coefficient (Wildman–Crippen LogP) is 3.06. The lowest BCUT2D eigenvalue weighted by molar-refractivity contribution is -0.236. The summed E-state index contributed by atoms with van der Waals surface area (Å²) < 4.78 is 11.1. The van der Waals surface area contributed by atoms with Crippen molar-refractivity contribution >= 4 is 35.1 Å². The first kappa shape index (κ1) is 28.0. The van der Waals surface area contributed by atoms with Crippen molar-refractivity contribution in [3.63, 3.8) is 0 Å². The lowest BCUT2D eigenvalue weighted by Crippen LogP contribution is -2.75. The van der Waals surface area contributed by atoms with E-state index in [1.807, 2.05) is 6.92 Å². The van der Waals surface area contributed by atoms with Crippen LogP contribution in [0.3, 0.4) is 0 Å². The molecule has 0 saturated heterocycles. The molecule has 0 aromatic carbocycles. The number of hydrogen-bond acceptors (Lipinski definition) is 8. The number of ether oxygens (including phenoxy) is 2. The van der Waals surface area contributed by atoms with Crippen LogP contribution >= 0.6 is 11.6 Å². The van der Waals surface area contributed by atoms with Gasteiger partial charge in [-0.25, -0.2) is 0 Å². The fourth-order valence-corrected chi connectivity index (χ4v) is 8.55. The fraction of sp³-hybridized carbons (Fsp3) is 0.714. The summed E-state index contributed by atoms with van der Waals surface area (Å²) in [6, 6.07) is 0. The van der Waals surface area contributed by atoms with Crippen LogP contribution < -0.4 is 0 Å². The first-order valence-corrected chi connectivity index (χ1v) is 13.5. The van der Waals surface area contributed by atoms with Crippen molar-refractivity contribution in [2.45, 2.75) is 89.4 Å². The molecule has 0 aromatic heterocycles. The van der Waals surface area contributed by atoms with E-state index in [0.717, 1.165) is 5.57 Å². The zero-order valence-electron chi connectivity index (χ0n) is 22.1. The molecule has 0 amide bonds. The van der Waals surface area contributed by atoms with Gasteiger partial charge in [0.2, 0.25) is 5.78 Å². The summed E-state index contributed by atoms with van der Waals surface area (Å²) in [5.74, 6) is -3.27. The van der Waals surface area contributed by atoms with E-state index in [4.69, 9.17) is 21.1 Å². The number of Topliss-reactive ketones (excluding diaryl/α,β-unsaturated/α-hetero) is 1. The Hall–Kier alpha value is -2.03. The normalized spacial score (nSPS) is 44.3. The van der Waals surface area contributed by atoms with Crippen LogP contribution in [0, 0.1) is 28.6 Å². The van der Waals surface area contributed by atoms with Gasteiger partial charge in [0.25, 0.3) is 0 Å². The number of carbonyl (C=O) groups excluding carboxylic acids is 4. The van der Waals surface area contributed by atoms with E-state index in [1.165, 1.54) is 6.08 Å². The van der Waals surface area contributed by atoms with Gasteiger partial charge in [-0.05, 0) is 43.3 Å². The van der Waals surface area contributed by atoms with Crippen molar-refractivity contribution in [1.82, 2.24) is 0 Å². The Bertz CT molecular complexity index is 1080. The zero-order valence-corrected chi connectivity index (χ0v) is 22.8. The van der Waals surface area contributed by atoms with Crippen molar-refractivity contribution in [3.05, 3.63) is 23.8 Å². The third-order valence-electron chi connectivity index (χ3n) is 9.96. The number of fused-ring (bicyclic) bond motifs is 5. The number of hydrogen-bond donors (Lipinski definition) is 2. The van der Waals surface area contributed by atoms with Crippen molar-refractivity contribution in [3.8, 4) is 0 Å². The Kier molecular flexibility index (Phi) is 7.04. The SMILES string of the molecule is CCC(=O)OCC(=O)[C@]1(OC(=O)CC)[C@@H](C)C[C@H]2[C@@H]3CCC4=CC(=O)C=C[C@]4(C)[C@@]3(Cl)[C@@H](O)[C@@H](O)[C@@]21C. The molecule has 0 spiro atoms. The summed E-state index contributed by atoms with van der Waals surface area (Å²) in [5, 5.41) is 23.7. The average Bonchev–Trinajstić information content (AvgIpc) is 3.10. The van der Waals surface area contributed by atoms with Gasteiger partial charge in [0.15, 0.2) is 18.0 Å². The van der Waals surface area contributed by atoms with E-state index in [9.17, 15) is 29.4 Å². The zero-order chi connectivity index (χ0) is 27.6. The monoisotopic (exact) mass is 536 g/mol. The molecule has 4 aliphatic rings. The Morgan fingerprint density at radius 3 is 2.35 bits per heavy atom. The van der Waals surface area contributed by atoms with Crippen molar-refractivity contribution < 1.29 is 38.9 Å². The van der Waals surface area contributed by atoms with Gasteiger partial charge in [0.05, 0.1) is 11.0 Å². The number of halogens is 1. The average molecular weight is 537 g/mol. The van der Waals surface area contributed by atoms with Gasteiger partial charge in [0, 0.05) is 29.6 Å². The van der Waals surface area contributed by atoms with Gasteiger partial charge >= 0.3 is 11.9 Å². The van der Waals surface area contributed by atoms with Gasteiger partial charge in [0.1, 0.15) is 6.10 Å². The lowest BCUT2D eigenvalue weighted by Gasteiger charge is -2.65. The Labute approximate surface area is 222 Å². The molecule has 4 rings (SSSR count). The number of allylic oxidation sites excluding steroid dienone is 4. The van der Waals surface area contributed by atoms with Gasteiger partial charge < -0.3 is 19.7 Å². The smallest absolute Gasteiger partial charge is 0.306 e. The maximum absolute atomic E-state index is 13.9. The highest BCUT2D eigenvalue weighted by atomic mass is 35.5. The number of rotatable bonds is 6. The number of alkyl halides is 1. The highest BCUT2D eigenvalue weighted by Gasteiger charge is 2.79. The summed E-state index contributed by atoms with van der Waals surface area (Å²) in [6.07, 6.45) is 3.25. The fourth-order valence-electron chi connectivity index (χ4n) is 7.98. The molecule has 4 aliphatic carbocycles. The summed E-state index contributed by atoms with van der Waals surface area (Å²) in [6.45, 7) is 7.95. The third kappa shape index (κ3) is 3.54. The topological polar surface area (TPSA) is 127 Å². The minimum atomic E-state index is -1.83. The van der Waals surface area contributed by atoms with Crippen LogP contribution in [0.4, 0.5) is 0 Å². The van der Waals surface area contributed by atoms with E-state index in [1.54, 1.807) is 39.8 Å². The molecular formula is C28H37ClO8. The van der Waals surface area contributed by atoms with Gasteiger partial charge in [-0.15, -0.1) is 11.6 Å². The van der Waals surface area contributed by atoms with Gasteiger partial charge in [-0.3, -0.25) is 19.2 Å². The second kappa shape index (κ2) is 9.31. The first-order chi connectivity index (χ1) is 17.2. The molecule has 0 aromatic rings. The van der Waals surface area contributed by atoms with Crippen LogP contribution in [0.5, 0.6) is 0 Å². The van der Waals surface area contributed by atoms with Crippen molar-refractivity contribution in [1.29, 1.82) is 0 Å². The molecule has 3 fully saturated rings. The quantitative estimate of drug-likeness (QED) is 0.391. The van der Waals surface area contributed by atoms with E-state index >= 15 is 0 Å². The molecular weight excluding hydrogens is 500 g/mol. The Balaban J connectivity index is 1.86. The highest BCUT2D eigenvalue weighted by molar-refractivity contribution is 6.26. The summed E-state index contributed by atoms with van der Waals surface area (Å²) in [7, 11) is 0. The second-order valence-corrected chi connectivity index (χ2v) is 12.1. The number of ketones is 2. The van der Waals surface area contributed by atoms with Crippen LogP contribution in [0.2, 0.25) is 0 Å².